The topological polar surface area (TPSA) is 52.6 Å². The smallest absolute Gasteiger partial charge is 0.306 e. The number of hydrogen-bond donors (Lipinski definition) is 0. The zero-order valence-corrected chi connectivity index (χ0v) is 16.3. The molecule has 1 unspecified atom stereocenters. The summed E-state index contributed by atoms with van der Waals surface area (Å²) in [5.41, 5.74) is 1.59. The molecule has 0 saturated heterocycles. The second-order valence-electron chi connectivity index (χ2n) is 7.07. The van der Waals surface area contributed by atoms with E-state index in [2.05, 4.69) is 13.8 Å². The Balaban J connectivity index is 2.05. The lowest BCUT2D eigenvalue weighted by molar-refractivity contribution is -0.144. The average Bonchev–Trinajstić information content (AvgIpc) is 2.68. The molecule has 2 aromatic rings. The Morgan fingerprint density at radius 2 is 1.59 bits per heavy atom. The number of esters is 1. The largest absolute Gasteiger partial charge is 0.497 e. The van der Waals surface area contributed by atoms with Crippen molar-refractivity contribution in [2.45, 2.75) is 39.0 Å². The maximum absolute atomic E-state index is 12.7. The Bertz CT molecular complexity index is 720. The highest BCUT2D eigenvalue weighted by Crippen LogP contribution is 2.26. The van der Waals surface area contributed by atoms with Gasteiger partial charge in [0.2, 0.25) is 0 Å². The fraction of sp³-hybridized carbons (Fsp3) is 0.391. The second kappa shape index (κ2) is 10.5. The van der Waals surface area contributed by atoms with Gasteiger partial charge < -0.3 is 9.47 Å². The molecule has 0 spiro atoms. The summed E-state index contributed by atoms with van der Waals surface area (Å²) >= 11 is 0. The molecule has 4 heteroatoms. The molecule has 1 atom stereocenters. The third-order valence-corrected chi connectivity index (χ3v) is 4.49. The molecule has 0 aromatic heterocycles. The Kier molecular flexibility index (Phi) is 8.05. The quantitative estimate of drug-likeness (QED) is 0.436. The van der Waals surface area contributed by atoms with E-state index >= 15 is 0 Å². The number of ether oxygens (including phenoxy) is 2. The molecule has 0 radical (unpaired) electrons. The van der Waals surface area contributed by atoms with Crippen molar-refractivity contribution in [3.63, 3.8) is 0 Å². The van der Waals surface area contributed by atoms with Crippen molar-refractivity contribution in [2.75, 3.05) is 13.7 Å². The van der Waals surface area contributed by atoms with Gasteiger partial charge in [-0.2, -0.15) is 0 Å². The standard InChI is InChI=1S/C23H28O4/c1-17(2)13-14-27-23(25)16-20(18-7-5-4-6-8-18)15-22(24)19-9-11-21(26-3)12-10-19/h4-12,17,20H,13-16H2,1-3H3. The minimum absolute atomic E-state index is 0.00138. The molecule has 2 rings (SSSR count). The van der Waals surface area contributed by atoms with E-state index in [1.54, 1.807) is 31.4 Å². The van der Waals surface area contributed by atoms with E-state index in [1.165, 1.54) is 0 Å². The van der Waals surface area contributed by atoms with Crippen LogP contribution in [-0.4, -0.2) is 25.5 Å². The average molecular weight is 368 g/mol. The molecule has 0 bridgehead atoms. The van der Waals surface area contributed by atoms with Gasteiger partial charge in [0.25, 0.3) is 0 Å². The minimum Gasteiger partial charge on any atom is -0.497 e. The van der Waals surface area contributed by atoms with E-state index in [9.17, 15) is 9.59 Å². The van der Waals surface area contributed by atoms with E-state index in [1.807, 2.05) is 30.3 Å². The van der Waals surface area contributed by atoms with Crippen molar-refractivity contribution >= 4 is 11.8 Å². The summed E-state index contributed by atoms with van der Waals surface area (Å²) in [5.74, 6) is 0.736. The molecule has 0 saturated carbocycles. The van der Waals surface area contributed by atoms with Crippen molar-refractivity contribution in [3.8, 4) is 5.75 Å². The number of Topliss-reactive ketones (excluding diaryl/α,β-unsaturated/α-hetero) is 1. The van der Waals surface area contributed by atoms with Crippen molar-refractivity contribution in [1.29, 1.82) is 0 Å². The number of benzene rings is 2. The fourth-order valence-electron chi connectivity index (χ4n) is 2.82. The van der Waals surface area contributed by atoms with Crippen molar-refractivity contribution in [1.82, 2.24) is 0 Å². The van der Waals surface area contributed by atoms with E-state index in [4.69, 9.17) is 9.47 Å². The molecule has 0 aliphatic rings. The molecule has 0 aliphatic heterocycles. The van der Waals surface area contributed by atoms with E-state index < -0.39 is 0 Å². The van der Waals surface area contributed by atoms with Gasteiger partial charge >= 0.3 is 5.97 Å². The summed E-state index contributed by atoms with van der Waals surface area (Å²) < 4.78 is 10.5. The van der Waals surface area contributed by atoms with Crippen LogP contribution in [0.25, 0.3) is 0 Å². The van der Waals surface area contributed by atoms with Crippen LogP contribution in [0.5, 0.6) is 5.75 Å². The highest BCUT2D eigenvalue weighted by atomic mass is 16.5. The van der Waals surface area contributed by atoms with Crippen LogP contribution >= 0.6 is 0 Å². The Labute approximate surface area is 161 Å². The van der Waals surface area contributed by atoms with Gasteiger partial charge in [-0.15, -0.1) is 0 Å². The van der Waals surface area contributed by atoms with Gasteiger partial charge in [-0.1, -0.05) is 44.2 Å². The van der Waals surface area contributed by atoms with Gasteiger partial charge in [0.05, 0.1) is 20.1 Å². The number of methoxy groups -OCH3 is 1. The highest BCUT2D eigenvalue weighted by molar-refractivity contribution is 5.97. The van der Waals surface area contributed by atoms with Crippen LogP contribution in [-0.2, 0) is 9.53 Å². The molecule has 0 N–H and O–H groups in total. The Morgan fingerprint density at radius 3 is 2.19 bits per heavy atom. The van der Waals surface area contributed by atoms with Crippen LogP contribution in [0.1, 0.15) is 54.9 Å². The van der Waals surface area contributed by atoms with Crippen LogP contribution in [0.4, 0.5) is 0 Å². The molecule has 4 nitrogen and oxygen atoms in total. The molecule has 27 heavy (non-hydrogen) atoms. The SMILES string of the molecule is COc1ccc(C(=O)CC(CC(=O)OCCC(C)C)c2ccccc2)cc1. The van der Waals surface area contributed by atoms with E-state index in [0.717, 1.165) is 12.0 Å². The second-order valence-corrected chi connectivity index (χ2v) is 7.07. The van der Waals surface area contributed by atoms with Gasteiger partial charge in [-0.3, -0.25) is 9.59 Å². The number of ketones is 1. The first-order chi connectivity index (χ1) is 13.0. The third-order valence-electron chi connectivity index (χ3n) is 4.49. The maximum Gasteiger partial charge on any atom is 0.306 e. The third kappa shape index (κ3) is 6.89. The summed E-state index contributed by atoms with van der Waals surface area (Å²) in [4.78, 5) is 25.0. The first-order valence-corrected chi connectivity index (χ1v) is 9.37. The predicted octanol–water partition coefficient (Wildman–Crippen LogP) is 5.03. The summed E-state index contributed by atoms with van der Waals surface area (Å²) in [7, 11) is 1.59. The normalized spacial score (nSPS) is 11.9. The zero-order valence-electron chi connectivity index (χ0n) is 16.3. The summed E-state index contributed by atoms with van der Waals surface area (Å²) in [6.45, 7) is 4.60. The first kappa shape index (κ1) is 20.7. The van der Waals surface area contributed by atoms with Crippen molar-refractivity contribution < 1.29 is 19.1 Å². The summed E-state index contributed by atoms with van der Waals surface area (Å²) in [6.07, 6.45) is 1.30. The highest BCUT2D eigenvalue weighted by Gasteiger charge is 2.21. The van der Waals surface area contributed by atoms with E-state index in [-0.39, 0.29) is 30.5 Å². The van der Waals surface area contributed by atoms with Gasteiger partial charge in [0.1, 0.15) is 5.75 Å². The number of carbonyl (C=O) groups is 2. The molecule has 0 fully saturated rings. The van der Waals surface area contributed by atoms with Gasteiger partial charge in [0, 0.05) is 17.9 Å². The maximum atomic E-state index is 12.7. The monoisotopic (exact) mass is 368 g/mol. The van der Waals surface area contributed by atoms with Crippen LogP contribution in [0.3, 0.4) is 0 Å². The fourth-order valence-corrected chi connectivity index (χ4v) is 2.82. The molecule has 144 valence electrons. The van der Waals surface area contributed by atoms with Crippen LogP contribution in [0.15, 0.2) is 54.6 Å². The number of carbonyl (C=O) groups excluding carboxylic acids is 2. The summed E-state index contributed by atoms with van der Waals surface area (Å²) in [5, 5.41) is 0. The van der Waals surface area contributed by atoms with Gasteiger partial charge in [-0.05, 0) is 42.2 Å². The van der Waals surface area contributed by atoms with Crippen molar-refractivity contribution in [3.05, 3.63) is 65.7 Å². The molecule has 2 aromatic carbocycles. The summed E-state index contributed by atoms with van der Waals surface area (Å²) in [6, 6.07) is 16.7. The first-order valence-electron chi connectivity index (χ1n) is 9.37. The van der Waals surface area contributed by atoms with E-state index in [0.29, 0.717) is 23.8 Å². The molecule has 0 amide bonds. The molecular weight excluding hydrogens is 340 g/mol. The lowest BCUT2D eigenvalue weighted by atomic mass is 9.89. The van der Waals surface area contributed by atoms with Gasteiger partial charge in [-0.25, -0.2) is 0 Å². The Hall–Kier alpha value is -2.62. The lowest BCUT2D eigenvalue weighted by Gasteiger charge is -2.17. The van der Waals surface area contributed by atoms with Crippen LogP contribution < -0.4 is 4.74 Å². The molecular formula is C23H28O4. The van der Waals surface area contributed by atoms with Crippen molar-refractivity contribution in [2.24, 2.45) is 5.92 Å². The molecule has 0 aliphatic carbocycles. The number of rotatable bonds is 10. The number of hydrogen-bond acceptors (Lipinski definition) is 4. The van der Waals surface area contributed by atoms with Crippen LogP contribution in [0, 0.1) is 5.92 Å². The van der Waals surface area contributed by atoms with Crippen LogP contribution in [0.2, 0.25) is 0 Å². The minimum atomic E-state index is -0.257. The zero-order chi connectivity index (χ0) is 19.6. The van der Waals surface area contributed by atoms with Gasteiger partial charge in [0.15, 0.2) is 5.78 Å². The lowest BCUT2D eigenvalue weighted by Crippen LogP contribution is -2.15. The predicted molar refractivity (Wildman–Crippen MR) is 106 cm³/mol. The molecule has 0 heterocycles. The Morgan fingerprint density at radius 1 is 0.926 bits per heavy atom.